The molecule has 0 saturated carbocycles. The van der Waals surface area contributed by atoms with Crippen molar-refractivity contribution in [3.8, 4) is 0 Å². The molecular weight excluding hydrogens is 244 g/mol. The van der Waals surface area contributed by atoms with Gasteiger partial charge in [0.25, 0.3) is 11.1 Å². The minimum absolute atomic E-state index is 0.238. The zero-order valence-corrected chi connectivity index (χ0v) is 10.0. The van der Waals surface area contributed by atoms with E-state index >= 15 is 0 Å². The van der Waals surface area contributed by atoms with Crippen LogP contribution in [0.4, 0.5) is 4.79 Å². The largest absolute Gasteiger partial charge is 0.329 e. The molecule has 16 heavy (non-hydrogen) atoms. The van der Waals surface area contributed by atoms with Crippen molar-refractivity contribution in [3.63, 3.8) is 0 Å². The number of nitrogens with zero attached hydrogens (tertiary/aromatic N) is 1. The van der Waals surface area contributed by atoms with Crippen LogP contribution in [0.5, 0.6) is 0 Å². The van der Waals surface area contributed by atoms with Gasteiger partial charge in [-0.05, 0) is 29.3 Å². The summed E-state index contributed by atoms with van der Waals surface area (Å²) in [5.74, 6) is -0.242. The number of thiophene rings is 1. The number of rotatable bonds is 3. The molecule has 1 fully saturated rings. The Kier molecular flexibility index (Phi) is 3.42. The monoisotopic (exact) mass is 254 g/mol. The standard InChI is InChI=1S/C10H10N2O2S2/c11-3-4-12-9(13)8(16-10(12)14)6-7-2-1-5-15-7/h1-2,5-6H,3-4,11H2/b8-6+. The highest BCUT2D eigenvalue weighted by molar-refractivity contribution is 8.18. The molecule has 6 heteroatoms. The van der Waals surface area contributed by atoms with Crippen LogP contribution in [0, 0.1) is 0 Å². The van der Waals surface area contributed by atoms with Crippen molar-refractivity contribution in [3.05, 3.63) is 27.3 Å². The van der Waals surface area contributed by atoms with E-state index in [1.807, 2.05) is 17.5 Å². The average Bonchev–Trinajstić information content (AvgIpc) is 2.84. The third kappa shape index (κ3) is 2.18. The van der Waals surface area contributed by atoms with Gasteiger partial charge < -0.3 is 5.73 Å². The van der Waals surface area contributed by atoms with Crippen molar-refractivity contribution in [2.45, 2.75) is 0 Å². The summed E-state index contributed by atoms with van der Waals surface area (Å²) in [7, 11) is 0. The van der Waals surface area contributed by atoms with E-state index in [4.69, 9.17) is 5.73 Å². The summed E-state index contributed by atoms with van der Waals surface area (Å²) in [6.45, 7) is 0.580. The molecule has 1 aromatic heterocycles. The van der Waals surface area contributed by atoms with Crippen LogP contribution in [-0.2, 0) is 4.79 Å². The molecule has 2 heterocycles. The molecule has 0 spiro atoms. The van der Waals surface area contributed by atoms with Crippen LogP contribution in [0.3, 0.4) is 0 Å². The quantitative estimate of drug-likeness (QED) is 0.835. The third-order valence-electron chi connectivity index (χ3n) is 2.04. The van der Waals surface area contributed by atoms with E-state index in [0.29, 0.717) is 11.4 Å². The molecule has 0 aromatic carbocycles. The minimum Gasteiger partial charge on any atom is -0.329 e. The molecule has 0 unspecified atom stereocenters. The first-order valence-corrected chi connectivity index (χ1v) is 6.41. The number of thioether (sulfide) groups is 1. The molecule has 1 aromatic rings. The predicted molar refractivity (Wildman–Crippen MR) is 66.1 cm³/mol. The summed E-state index contributed by atoms with van der Waals surface area (Å²) in [4.78, 5) is 25.9. The van der Waals surface area contributed by atoms with Crippen LogP contribution in [-0.4, -0.2) is 29.1 Å². The Hall–Kier alpha value is -1.11. The zero-order valence-electron chi connectivity index (χ0n) is 8.38. The molecule has 84 valence electrons. The summed E-state index contributed by atoms with van der Waals surface area (Å²) in [5.41, 5.74) is 5.34. The average molecular weight is 254 g/mol. The summed E-state index contributed by atoms with van der Waals surface area (Å²) in [6, 6.07) is 3.81. The van der Waals surface area contributed by atoms with E-state index in [1.54, 1.807) is 6.08 Å². The fourth-order valence-electron chi connectivity index (χ4n) is 1.32. The molecule has 1 saturated heterocycles. The number of hydrogen-bond donors (Lipinski definition) is 1. The Bertz CT molecular complexity index is 440. The van der Waals surface area contributed by atoms with E-state index in [1.165, 1.54) is 16.2 Å². The van der Waals surface area contributed by atoms with Gasteiger partial charge in [0.15, 0.2) is 0 Å². The fraction of sp³-hybridized carbons (Fsp3) is 0.200. The Balaban J connectivity index is 2.20. The van der Waals surface area contributed by atoms with E-state index in [2.05, 4.69) is 0 Å². The van der Waals surface area contributed by atoms with Crippen molar-refractivity contribution in [1.29, 1.82) is 0 Å². The van der Waals surface area contributed by atoms with Crippen molar-refractivity contribution in [2.24, 2.45) is 5.73 Å². The van der Waals surface area contributed by atoms with Crippen LogP contribution in [0.15, 0.2) is 22.4 Å². The molecule has 2 N–H and O–H groups in total. The first kappa shape index (κ1) is 11.4. The van der Waals surface area contributed by atoms with Crippen LogP contribution < -0.4 is 5.73 Å². The fourth-order valence-corrected chi connectivity index (χ4v) is 2.91. The number of imide groups is 1. The van der Waals surface area contributed by atoms with Crippen molar-refractivity contribution in [2.75, 3.05) is 13.1 Å². The van der Waals surface area contributed by atoms with Gasteiger partial charge in [0.05, 0.1) is 4.91 Å². The van der Waals surface area contributed by atoms with E-state index < -0.39 is 0 Å². The topological polar surface area (TPSA) is 63.4 Å². The molecule has 0 radical (unpaired) electrons. The first-order chi connectivity index (χ1) is 7.72. The normalized spacial score (nSPS) is 18.8. The van der Waals surface area contributed by atoms with Crippen molar-refractivity contribution in [1.82, 2.24) is 4.90 Å². The third-order valence-corrected chi connectivity index (χ3v) is 3.77. The van der Waals surface area contributed by atoms with Crippen LogP contribution >= 0.6 is 23.1 Å². The Morgan fingerprint density at radius 1 is 1.44 bits per heavy atom. The SMILES string of the molecule is NCCN1C(=O)S/C(=C/c2cccs2)C1=O. The highest BCUT2D eigenvalue weighted by Gasteiger charge is 2.34. The lowest BCUT2D eigenvalue weighted by Crippen LogP contribution is -2.33. The van der Waals surface area contributed by atoms with Crippen molar-refractivity contribution < 1.29 is 9.59 Å². The number of amides is 2. The number of carbonyl (C=O) groups is 2. The Labute approximate surface area is 101 Å². The van der Waals surface area contributed by atoms with Gasteiger partial charge >= 0.3 is 0 Å². The molecule has 0 atom stereocenters. The highest BCUT2D eigenvalue weighted by Crippen LogP contribution is 2.32. The summed E-state index contributed by atoms with van der Waals surface area (Å²) in [6.07, 6.45) is 1.74. The second-order valence-electron chi connectivity index (χ2n) is 3.14. The smallest absolute Gasteiger partial charge is 0.293 e. The number of nitrogens with two attached hydrogens (primary N) is 1. The molecule has 2 amide bonds. The molecular formula is C10H10N2O2S2. The zero-order chi connectivity index (χ0) is 11.5. The second-order valence-corrected chi connectivity index (χ2v) is 5.11. The minimum atomic E-state index is -0.242. The summed E-state index contributed by atoms with van der Waals surface area (Å²) >= 11 is 2.50. The van der Waals surface area contributed by atoms with E-state index in [0.717, 1.165) is 16.6 Å². The lowest BCUT2D eigenvalue weighted by Gasteiger charge is -2.09. The molecule has 2 rings (SSSR count). The molecule has 1 aliphatic heterocycles. The van der Waals surface area contributed by atoms with Gasteiger partial charge in [-0.15, -0.1) is 11.3 Å². The van der Waals surface area contributed by atoms with E-state index in [9.17, 15) is 9.59 Å². The maximum Gasteiger partial charge on any atom is 0.293 e. The maximum atomic E-state index is 11.8. The molecule has 0 aliphatic carbocycles. The lowest BCUT2D eigenvalue weighted by molar-refractivity contribution is -0.122. The second kappa shape index (κ2) is 4.82. The van der Waals surface area contributed by atoms with Gasteiger partial charge in [-0.25, -0.2) is 0 Å². The molecule has 4 nitrogen and oxygen atoms in total. The number of carbonyl (C=O) groups excluding carboxylic acids is 2. The Morgan fingerprint density at radius 2 is 2.25 bits per heavy atom. The predicted octanol–water partition coefficient (Wildman–Crippen LogP) is 1.74. The number of hydrogen-bond acceptors (Lipinski definition) is 5. The van der Waals surface area contributed by atoms with Crippen molar-refractivity contribution >= 4 is 40.3 Å². The van der Waals surface area contributed by atoms with Gasteiger partial charge in [0.1, 0.15) is 0 Å². The van der Waals surface area contributed by atoms with Crippen LogP contribution in [0.2, 0.25) is 0 Å². The molecule has 1 aliphatic rings. The molecule has 0 bridgehead atoms. The Morgan fingerprint density at radius 3 is 2.88 bits per heavy atom. The first-order valence-electron chi connectivity index (χ1n) is 4.71. The van der Waals surface area contributed by atoms with Gasteiger partial charge in [-0.3, -0.25) is 14.5 Å². The van der Waals surface area contributed by atoms with Gasteiger partial charge in [-0.1, -0.05) is 6.07 Å². The van der Waals surface area contributed by atoms with Gasteiger partial charge in [0, 0.05) is 18.0 Å². The highest BCUT2D eigenvalue weighted by atomic mass is 32.2. The van der Waals surface area contributed by atoms with E-state index in [-0.39, 0.29) is 17.7 Å². The van der Waals surface area contributed by atoms with Gasteiger partial charge in [0.2, 0.25) is 0 Å². The summed E-state index contributed by atoms with van der Waals surface area (Å²) in [5, 5.41) is 1.69. The van der Waals surface area contributed by atoms with Gasteiger partial charge in [-0.2, -0.15) is 0 Å². The maximum absolute atomic E-state index is 11.8. The summed E-state index contributed by atoms with van der Waals surface area (Å²) < 4.78 is 0. The van der Waals surface area contributed by atoms with Crippen LogP contribution in [0.25, 0.3) is 6.08 Å². The lowest BCUT2D eigenvalue weighted by atomic mass is 10.3. The van der Waals surface area contributed by atoms with Crippen LogP contribution in [0.1, 0.15) is 4.88 Å².